The van der Waals surface area contributed by atoms with Crippen molar-refractivity contribution in [2.75, 3.05) is 13.1 Å². The lowest BCUT2D eigenvalue weighted by atomic mass is 9.96. The van der Waals surface area contributed by atoms with Gasteiger partial charge in [0.15, 0.2) is 0 Å². The fraction of sp³-hybridized carbons (Fsp3) is 0.400. The summed E-state index contributed by atoms with van der Waals surface area (Å²) in [5.41, 5.74) is 2.03. The van der Waals surface area contributed by atoms with E-state index in [0.29, 0.717) is 24.1 Å². The van der Waals surface area contributed by atoms with E-state index in [9.17, 15) is 8.42 Å². The maximum absolute atomic E-state index is 13.1. The molecule has 0 aliphatic carbocycles. The molecule has 1 atom stereocenters. The van der Waals surface area contributed by atoms with E-state index < -0.39 is 10.0 Å². The van der Waals surface area contributed by atoms with E-state index in [1.165, 1.54) is 0 Å². The summed E-state index contributed by atoms with van der Waals surface area (Å²) in [7, 11) is -1.72. The van der Waals surface area contributed by atoms with Gasteiger partial charge in [0.1, 0.15) is 15.9 Å². The summed E-state index contributed by atoms with van der Waals surface area (Å²) in [4.78, 5) is 0.246. The van der Waals surface area contributed by atoms with E-state index >= 15 is 0 Å². The standard InChI is InChI=1S/C15H17N5O2S2/c1-19-9-7-12(16-19)11-4-3-8-20(10-11)24(21,22)14-6-2-5-13-15(14)18-23-17-13/h2,5-7,9,11H,3-4,8,10H2,1H3. The normalized spacial score (nSPS) is 19.8. The molecule has 0 bridgehead atoms. The number of rotatable bonds is 3. The van der Waals surface area contributed by atoms with Gasteiger partial charge in [0.05, 0.1) is 17.4 Å². The number of nitrogens with zero attached hydrogens (tertiary/aromatic N) is 5. The second kappa shape index (κ2) is 5.91. The quantitative estimate of drug-likeness (QED) is 0.711. The van der Waals surface area contributed by atoms with Crippen LogP contribution in [0.5, 0.6) is 0 Å². The zero-order chi connectivity index (χ0) is 16.7. The molecule has 1 aliphatic heterocycles. The Kier molecular flexibility index (Phi) is 3.86. The summed E-state index contributed by atoms with van der Waals surface area (Å²) in [5, 5.41) is 4.44. The molecule has 1 unspecified atom stereocenters. The Hall–Kier alpha value is -1.84. The van der Waals surface area contributed by atoms with Gasteiger partial charge in [-0.15, -0.1) is 0 Å². The van der Waals surface area contributed by atoms with E-state index in [2.05, 4.69) is 13.8 Å². The van der Waals surface area contributed by atoms with Crippen molar-refractivity contribution in [1.82, 2.24) is 22.8 Å². The van der Waals surface area contributed by atoms with Crippen molar-refractivity contribution < 1.29 is 8.42 Å². The Balaban J connectivity index is 1.68. The molecule has 3 heterocycles. The lowest BCUT2D eigenvalue weighted by Gasteiger charge is -2.31. The summed E-state index contributed by atoms with van der Waals surface area (Å²) in [6.07, 6.45) is 3.67. The fourth-order valence-corrected chi connectivity index (χ4v) is 5.46. The van der Waals surface area contributed by atoms with Crippen molar-refractivity contribution in [3.63, 3.8) is 0 Å². The van der Waals surface area contributed by atoms with E-state index in [0.717, 1.165) is 30.3 Å². The van der Waals surface area contributed by atoms with Gasteiger partial charge in [0.2, 0.25) is 10.0 Å². The largest absolute Gasteiger partial charge is 0.276 e. The summed E-state index contributed by atoms with van der Waals surface area (Å²) in [6, 6.07) is 7.08. The third kappa shape index (κ3) is 2.62. The lowest BCUT2D eigenvalue weighted by molar-refractivity contribution is 0.312. The highest BCUT2D eigenvalue weighted by Gasteiger charge is 2.33. The van der Waals surface area contributed by atoms with Crippen LogP contribution in [0, 0.1) is 0 Å². The number of aromatic nitrogens is 4. The first kappa shape index (κ1) is 15.7. The molecule has 2 aromatic heterocycles. The van der Waals surface area contributed by atoms with Crippen molar-refractivity contribution in [3.8, 4) is 0 Å². The van der Waals surface area contributed by atoms with Crippen LogP contribution < -0.4 is 0 Å². The fourth-order valence-electron chi connectivity index (χ4n) is 3.18. The van der Waals surface area contributed by atoms with Crippen LogP contribution in [0.4, 0.5) is 0 Å². The van der Waals surface area contributed by atoms with Crippen LogP contribution in [0.25, 0.3) is 11.0 Å². The molecule has 1 fully saturated rings. The molecule has 4 rings (SSSR count). The number of benzene rings is 1. The van der Waals surface area contributed by atoms with Gasteiger partial charge in [-0.25, -0.2) is 8.42 Å². The molecule has 1 saturated heterocycles. The average molecular weight is 363 g/mol. The van der Waals surface area contributed by atoms with Crippen LogP contribution >= 0.6 is 11.7 Å². The highest BCUT2D eigenvalue weighted by atomic mass is 32.2. The van der Waals surface area contributed by atoms with Gasteiger partial charge in [-0.2, -0.15) is 18.2 Å². The molecule has 0 N–H and O–H groups in total. The summed E-state index contributed by atoms with van der Waals surface area (Å²) >= 11 is 1.03. The molecule has 0 amide bonds. The molecule has 0 spiro atoms. The lowest BCUT2D eigenvalue weighted by Crippen LogP contribution is -2.39. The number of hydrogen-bond acceptors (Lipinski definition) is 6. The zero-order valence-corrected chi connectivity index (χ0v) is 14.8. The molecule has 1 aliphatic rings. The number of aryl methyl sites for hydroxylation is 1. The van der Waals surface area contributed by atoms with E-state index in [1.807, 2.05) is 19.3 Å². The number of sulfonamides is 1. The van der Waals surface area contributed by atoms with Crippen LogP contribution in [0.2, 0.25) is 0 Å². The van der Waals surface area contributed by atoms with Crippen LogP contribution in [0.3, 0.4) is 0 Å². The van der Waals surface area contributed by atoms with Crippen molar-refractivity contribution in [2.45, 2.75) is 23.7 Å². The van der Waals surface area contributed by atoms with Crippen molar-refractivity contribution >= 4 is 32.8 Å². The Labute approximate surface area is 144 Å². The van der Waals surface area contributed by atoms with Gasteiger partial charge in [0.25, 0.3) is 0 Å². The number of piperidine rings is 1. The third-order valence-corrected chi connectivity index (χ3v) is 6.84. The Morgan fingerprint density at radius 1 is 1.25 bits per heavy atom. The van der Waals surface area contributed by atoms with Crippen LogP contribution in [-0.4, -0.2) is 44.3 Å². The van der Waals surface area contributed by atoms with Crippen LogP contribution in [0.1, 0.15) is 24.5 Å². The number of hydrogen-bond donors (Lipinski definition) is 0. The van der Waals surface area contributed by atoms with Gasteiger partial charge in [-0.3, -0.25) is 4.68 Å². The van der Waals surface area contributed by atoms with Gasteiger partial charge >= 0.3 is 0 Å². The smallest absolute Gasteiger partial charge is 0.245 e. The minimum Gasteiger partial charge on any atom is -0.276 e. The van der Waals surface area contributed by atoms with Crippen LogP contribution in [-0.2, 0) is 17.1 Å². The van der Waals surface area contributed by atoms with E-state index in [1.54, 1.807) is 27.2 Å². The monoisotopic (exact) mass is 363 g/mol. The van der Waals surface area contributed by atoms with Crippen molar-refractivity contribution in [2.24, 2.45) is 7.05 Å². The SMILES string of the molecule is Cn1ccc(C2CCCN(S(=O)(=O)c3cccc4nsnc34)C2)n1. The summed E-state index contributed by atoms with van der Waals surface area (Å²) in [6.45, 7) is 0.979. The predicted octanol–water partition coefficient (Wildman–Crippen LogP) is 1.99. The molecule has 1 aromatic carbocycles. The van der Waals surface area contributed by atoms with Gasteiger partial charge in [-0.1, -0.05) is 6.07 Å². The Morgan fingerprint density at radius 3 is 2.92 bits per heavy atom. The van der Waals surface area contributed by atoms with Crippen LogP contribution in [0.15, 0.2) is 35.4 Å². The minimum absolute atomic E-state index is 0.127. The van der Waals surface area contributed by atoms with Gasteiger partial charge in [-0.05, 0) is 31.0 Å². The topological polar surface area (TPSA) is 81.0 Å². The zero-order valence-electron chi connectivity index (χ0n) is 13.2. The van der Waals surface area contributed by atoms with E-state index in [-0.39, 0.29) is 10.8 Å². The van der Waals surface area contributed by atoms with Gasteiger partial charge in [0, 0.05) is 32.3 Å². The molecule has 9 heteroatoms. The predicted molar refractivity (Wildman–Crippen MR) is 91.4 cm³/mol. The highest BCUT2D eigenvalue weighted by Crippen LogP contribution is 2.31. The molecule has 3 aromatic rings. The minimum atomic E-state index is -3.59. The molecule has 0 radical (unpaired) electrons. The van der Waals surface area contributed by atoms with Crippen molar-refractivity contribution in [1.29, 1.82) is 0 Å². The molecule has 24 heavy (non-hydrogen) atoms. The first-order chi connectivity index (χ1) is 11.6. The third-order valence-electron chi connectivity index (χ3n) is 4.40. The summed E-state index contributed by atoms with van der Waals surface area (Å²) < 4.78 is 37.9. The van der Waals surface area contributed by atoms with Crippen molar-refractivity contribution in [3.05, 3.63) is 36.2 Å². The number of fused-ring (bicyclic) bond motifs is 1. The molecular formula is C15H17N5O2S2. The average Bonchev–Trinajstić information content (AvgIpc) is 3.23. The molecule has 0 saturated carbocycles. The maximum atomic E-state index is 13.1. The second-order valence-electron chi connectivity index (χ2n) is 6.00. The molecule has 7 nitrogen and oxygen atoms in total. The molecule has 126 valence electrons. The first-order valence-electron chi connectivity index (χ1n) is 7.77. The first-order valence-corrected chi connectivity index (χ1v) is 9.94. The molecular weight excluding hydrogens is 346 g/mol. The second-order valence-corrected chi connectivity index (χ2v) is 8.44. The Bertz CT molecular complexity index is 979. The maximum Gasteiger partial charge on any atom is 0.245 e. The highest BCUT2D eigenvalue weighted by molar-refractivity contribution is 7.89. The Morgan fingerprint density at radius 2 is 2.12 bits per heavy atom. The summed E-state index contributed by atoms with van der Waals surface area (Å²) in [5.74, 6) is 0.127. The van der Waals surface area contributed by atoms with Gasteiger partial charge < -0.3 is 0 Å². The van der Waals surface area contributed by atoms with E-state index in [4.69, 9.17) is 0 Å².